The first-order chi connectivity index (χ1) is 24.2. The van der Waals surface area contributed by atoms with Gasteiger partial charge in [-0.2, -0.15) is 0 Å². The Labute approximate surface area is 302 Å². The number of nitrogens with one attached hydrogen (secondary N) is 4. The molecule has 3 unspecified atom stereocenters. The van der Waals surface area contributed by atoms with Crippen molar-refractivity contribution >= 4 is 35.4 Å². The largest absolute Gasteiger partial charge is 0.347 e. The summed E-state index contributed by atoms with van der Waals surface area (Å²) in [6.45, 7) is 11.8. The molecular formula is C39H60N6O6. The van der Waals surface area contributed by atoms with Crippen LogP contribution in [0.2, 0.25) is 0 Å². The zero-order chi connectivity index (χ0) is 36.4. The maximum atomic E-state index is 14.6. The molecule has 5 aliphatic carbocycles. The molecular weight excluding hydrogens is 648 g/mol. The van der Waals surface area contributed by atoms with Gasteiger partial charge in [0.05, 0.1) is 12.1 Å². The molecule has 12 nitrogen and oxygen atoms in total. The number of fused-ring (bicyclic) bond motifs is 2. The fourth-order valence-corrected chi connectivity index (χ4v) is 10.7. The zero-order valence-electron chi connectivity index (χ0n) is 31.3. The van der Waals surface area contributed by atoms with Crippen LogP contribution < -0.4 is 21.3 Å². The van der Waals surface area contributed by atoms with Crippen molar-refractivity contribution in [2.45, 2.75) is 142 Å². The Kier molecular flexibility index (Phi) is 9.70. The van der Waals surface area contributed by atoms with Gasteiger partial charge in [0, 0.05) is 37.5 Å². The molecule has 7 aliphatic rings. The van der Waals surface area contributed by atoms with E-state index in [9.17, 15) is 28.8 Å². The monoisotopic (exact) mass is 708 g/mol. The molecule has 7 rings (SSSR count). The van der Waals surface area contributed by atoms with Gasteiger partial charge in [0.1, 0.15) is 12.1 Å². The van der Waals surface area contributed by atoms with Crippen molar-refractivity contribution < 1.29 is 28.8 Å². The Morgan fingerprint density at radius 2 is 1.59 bits per heavy atom. The van der Waals surface area contributed by atoms with Crippen LogP contribution in [-0.4, -0.2) is 95.1 Å². The van der Waals surface area contributed by atoms with Crippen molar-refractivity contribution in [1.82, 2.24) is 31.1 Å². The summed E-state index contributed by atoms with van der Waals surface area (Å²) in [4.78, 5) is 85.4. The van der Waals surface area contributed by atoms with Gasteiger partial charge in [-0.05, 0) is 85.9 Å². The third-order valence-electron chi connectivity index (χ3n) is 14.1. The topological polar surface area (TPSA) is 157 Å². The number of urea groups is 1. The normalized spacial score (nSPS) is 34.3. The minimum atomic E-state index is -0.928. The second-order valence-electron chi connectivity index (χ2n) is 18.4. The van der Waals surface area contributed by atoms with E-state index in [0.29, 0.717) is 50.2 Å². The van der Waals surface area contributed by atoms with Crippen LogP contribution in [0.15, 0.2) is 0 Å². The second-order valence-corrected chi connectivity index (χ2v) is 18.4. The van der Waals surface area contributed by atoms with Gasteiger partial charge in [-0.15, -0.1) is 0 Å². The Bertz CT molecular complexity index is 1420. The molecule has 0 spiro atoms. The average molecular weight is 709 g/mol. The number of rotatable bonds is 13. The maximum Gasteiger partial charge on any atom is 0.315 e. The third kappa shape index (κ3) is 6.89. The molecule has 0 radical (unpaired) electrons. The van der Waals surface area contributed by atoms with Crippen LogP contribution in [-0.2, 0) is 24.0 Å². The Hall–Kier alpha value is -3.18. The third-order valence-corrected chi connectivity index (χ3v) is 14.1. The van der Waals surface area contributed by atoms with E-state index >= 15 is 0 Å². The van der Waals surface area contributed by atoms with Crippen LogP contribution in [0.1, 0.15) is 112 Å². The number of piperidine rings is 1. The number of Topliss-reactive ketones (excluding diaryl/α,β-unsaturated/α-hetero) is 1. The second kappa shape index (κ2) is 13.7. The Morgan fingerprint density at radius 3 is 2.18 bits per heavy atom. The molecule has 4 N–H and O–H groups in total. The van der Waals surface area contributed by atoms with Crippen LogP contribution >= 0.6 is 0 Å². The summed E-state index contributed by atoms with van der Waals surface area (Å²) in [6.07, 6.45) is 10.3. The van der Waals surface area contributed by atoms with Crippen molar-refractivity contribution in [3.05, 3.63) is 0 Å². The van der Waals surface area contributed by atoms with Crippen molar-refractivity contribution in [2.75, 3.05) is 19.6 Å². The van der Waals surface area contributed by atoms with Crippen LogP contribution in [0.4, 0.5) is 4.79 Å². The van der Waals surface area contributed by atoms with Gasteiger partial charge in [0.2, 0.25) is 23.5 Å². The predicted molar refractivity (Wildman–Crippen MR) is 190 cm³/mol. The van der Waals surface area contributed by atoms with E-state index in [1.165, 1.54) is 0 Å². The van der Waals surface area contributed by atoms with E-state index in [-0.39, 0.29) is 53.0 Å². The standard InChI is InChI=1S/C39H60N6O6/c1-21-30-22(2)39(21,30)28(20-44-17-7-6-14-29(44)46)42-37(51)43-33(38(3,4)5)36(50)45-19-24-12-9-13-26(24)31(45)34(48)41-27(18-23-10-8-11-23)32(47)35(49)40-25-15-16-25/h21-28,30-31,33H,6-20H2,1-5H3,(H,40,49)(H,41,48)(H2,42,43,51)/t21?,22?,24-,26-,27?,28+,30?,31-,33+,39?/m0/s1. The highest BCUT2D eigenvalue weighted by molar-refractivity contribution is 6.38. The SMILES string of the molecule is CC1C2C(C)C12[C@@H](CN1CCCCC1=O)NC(=O)N[C@H](C(=O)N1C[C@@H]2CCC[C@@H]2[C@H]1C(=O)NC(CC1CCC1)C(=O)C(=O)NC1CC1)C(C)(C)C. The molecule has 6 amide bonds. The van der Waals surface area contributed by atoms with Crippen molar-refractivity contribution in [3.8, 4) is 0 Å². The van der Waals surface area contributed by atoms with E-state index in [4.69, 9.17) is 0 Å². The molecule has 2 aliphatic heterocycles. The molecule has 12 heteroatoms. The van der Waals surface area contributed by atoms with Crippen molar-refractivity contribution in [1.29, 1.82) is 0 Å². The minimum Gasteiger partial charge on any atom is -0.347 e. The van der Waals surface area contributed by atoms with Crippen molar-refractivity contribution in [3.63, 3.8) is 0 Å². The maximum absolute atomic E-state index is 14.6. The van der Waals surface area contributed by atoms with Gasteiger partial charge in [0.25, 0.3) is 5.91 Å². The number of nitrogens with zero attached hydrogens (tertiary/aromatic N) is 2. The average Bonchev–Trinajstić information content (AvgIpc) is 3.99. The van der Waals surface area contributed by atoms with Crippen molar-refractivity contribution in [2.24, 2.45) is 46.3 Å². The van der Waals surface area contributed by atoms with E-state index in [2.05, 4.69) is 35.1 Å². The summed E-state index contributed by atoms with van der Waals surface area (Å²) < 4.78 is 0. The van der Waals surface area contributed by atoms with E-state index < -0.39 is 41.3 Å². The highest BCUT2D eigenvalue weighted by Gasteiger charge is 2.85. The lowest BCUT2D eigenvalue weighted by atomic mass is 9.80. The molecule has 282 valence electrons. The molecule has 0 aromatic heterocycles. The van der Waals surface area contributed by atoms with E-state index in [0.717, 1.165) is 64.2 Å². The molecule has 2 heterocycles. The Morgan fingerprint density at radius 1 is 0.882 bits per heavy atom. The molecule has 7 fully saturated rings. The molecule has 0 aromatic rings. The van der Waals surface area contributed by atoms with E-state index in [1.54, 1.807) is 4.90 Å². The summed E-state index contributed by atoms with van der Waals surface area (Å²) >= 11 is 0. The number of hydrogen-bond acceptors (Lipinski definition) is 6. The summed E-state index contributed by atoms with van der Waals surface area (Å²) in [6, 6.07) is -3.23. The lowest BCUT2D eigenvalue weighted by Gasteiger charge is -2.38. The van der Waals surface area contributed by atoms with Gasteiger partial charge in [0.15, 0.2) is 0 Å². The van der Waals surface area contributed by atoms with Crippen LogP contribution in [0.25, 0.3) is 0 Å². The first-order valence-corrected chi connectivity index (χ1v) is 20.0. The van der Waals surface area contributed by atoms with E-state index in [1.807, 2.05) is 25.7 Å². The predicted octanol–water partition coefficient (Wildman–Crippen LogP) is 3.13. The highest BCUT2D eigenvalue weighted by atomic mass is 16.2. The Balaban J connectivity index is 1.07. The number of carbonyl (C=O) groups excluding carboxylic acids is 6. The highest BCUT2D eigenvalue weighted by Crippen LogP contribution is 2.85. The van der Waals surface area contributed by atoms with Gasteiger partial charge >= 0.3 is 6.03 Å². The summed E-state index contributed by atoms with van der Waals surface area (Å²) in [5.41, 5.74) is -0.690. The summed E-state index contributed by atoms with van der Waals surface area (Å²) in [7, 11) is 0. The number of amides is 6. The van der Waals surface area contributed by atoms with Gasteiger partial charge in [-0.25, -0.2) is 4.79 Å². The molecule has 0 bridgehead atoms. The lowest BCUT2D eigenvalue weighted by Crippen LogP contribution is -2.62. The van der Waals surface area contributed by atoms with Gasteiger partial charge < -0.3 is 31.1 Å². The number of hydrogen-bond donors (Lipinski definition) is 4. The molecule has 5 saturated carbocycles. The van der Waals surface area contributed by atoms with Crippen LogP contribution in [0.5, 0.6) is 0 Å². The summed E-state index contributed by atoms with van der Waals surface area (Å²) in [5.74, 6) is 0.0782. The number of likely N-dealkylation sites (tertiary alicyclic amines) is 2. The molecule has 2 saturated heterocycles. The number of carbonyl (C=O) groups is 6. The lowest BCUT2D eigenvalue weighted by molar-refractivity contribution is -0.144. The first kappa shape index (κ1) is 36.2. The fourth-order valence-electron chi connectivity index (χ4n) is 10.7. The first-order valence-electron chi connectivity index (χ1n) is 20.0. The smallest absolute Gasteiger partial charge is 0.315 e. The minimum absolute atomic E-state index is 0.0189. The summed E-state index contributed by atoms with van der Waals surface area (Å²) in [5, 5.41) is 12.0. The van der Waals surface area contributed by atoms with Crippen LogP contribution in [0, 0.1) is 46.3 Å². The molecule has 51 heavy (non-hydrogen) atoms. The zero-order valence-corrected chi connectivity index (χ0v) is 31.3. The quantitative estimate of drug-likeness (QED) is 0.216. The van der Waals surface area contributed by atoms with Crippen LogP contribution in [0.3, 0.4) is 0 Å². The fraction of sp³-hybridized carbons (Fsp3) is 0.846. The molecule has 8 atom stereocenters. The number of ketones is 1. The van der Waals surface area contributed by atoms with Gasteiger partial charge in [-0.1, -0.05) is 60.3 Å². The molecule has 0 aromatic carbocycles. The van der Waals surface area contributed by atoms with Gasteiger partial charge in [-0.3, -0.25) is 24.0 Å².